The zero-order chi connectivity index (χ0) is 13.4. The monoisotopic (exact) mass is 255 g/mol. The van der Waals surface area contributed by atoms with Crippen LogP contribution in [0, 0.1) is 13.8 Å². The Bertz CT molecular complexity index is 611. The molecule has 98 valence electrons. The minimum absolute atomic E-state index is 0.0518. The number of aryl methyl sites for hydroxylation is 3. The molecule has 0 saturated heterocycles. The third-order valence-corrected chi connectivity index (χ3v) is 3.70. The number of rotatable bonds is 1. The molecule has 1 aliphatic heterocycles. The van der Waals surface area contributed by atoms with Crippen LogP contribution in [0.2, 0.25) is 0 Å². The van der Waals surface area contributed by atoms with E-state index in [0.29, 0.717) is 5.56 Å². The van der Waals surface area contributed by atoms with Gasteiger partial charge in [-0.2, -0.15) is 5.10 Å². The van der Waals surface area contributed by atoms with E-state index >= 15 is 0 Å². The molecule has 0 radical (unpaired) electrons. The van der Waals surface area contributed by atoms with E-state index in [1.54, 1.807) is 0 Å². The molecule has 4 heteroatoms. The number of amides is 1. The molecular weight excluding hydrogens is 238 g/mol. The Morgan fingerprint density at radius 2 is 2.11 bits per heavy atom. The van der Waals surface area contributed by atoms with Gasteiger partial charge in [0.2, 0.25) is 0 Å². The van der Waals surface area contributed by atoms with Crippen molar-refractivity contribution < 1.29 is 4.79 Å². The van der Waals surface area contributed by atoms with Gasteiger partial charge in [0.15, 0.2) is 0 Å². The molecule has 2 aromatic rings. The molecule has 0 atom stereocenters. The number of carbonyl (C=O) groups is 1. The Hall–Kier alpha value is -2.10. The fraction of sp³-hybridized carbons (Fsp3) is 0.333. The molecule has 0 aliphatic carbocycles. The number of aromatic amines is 1. The maximum absolute atomic E-state index is 12.7. The fourth-order valence-electron chi connectivity index (χ4n) is 2.75. The van der Waals surface area contributed by atoms with E-state index in [-0.39, 0.29) is 5.91 Å². The molecule has 1 aliphatic rings. The van der Waals surface area contributed by atoms with Crippen molar-refractivity contribution in [2.45, 2.75) is 26.7 Å². The van der Waals surface area contributed by atoms with Crippen molar-refractivity contribution in [3.8, 4) is 0 Å². The molecule has 1 aromatic carbocycles. The molecule has 1 N–H and O–H groups in total. The van der Waals surface area contributed by atoms with Crippen LogP contribution in [0.15, 0.2) is 24.3 Å². The number of nitrogens with zero attached hydrogens (tertiary/aromatic N) is 2. The van der Waals surface area contributed by atoms with Gasteiger partial charge >= 0.3 is 0 Å². The van der Waals surface area contributed by atoms with E-state index in [9.17, 15) is 4.79 Å². The quantitative estimate of drug-likeness (QED) is 0.851. The van der Waals surface area contributed by atoms with Crippen LogP contribution in [0.4, 0.5) is 5.69 Å². The molecule has 0 unspecified atom stereocenters. The number of anilines is 1. The summed E-state index contributed by atoms with van der Waals surface area (Å²) in [4.78, 5) is 14.6. The van der Waals surface area contributed by atoms with Gasteiger partial charge in [0, 0.05) is 17.9 Å². The molecule has 1 aromatic heterocycles. The van der Waals surface area contributed by atoms with Crippen molar-refractivity contribution >= 4 is 11.6 Å². The van der Waals surface area contributed by atoms with Crippen LogP contribution < -0.4 is 4.90 Å². The lowest BCUT2D eigenvalue weighted by Crippen LogP contribution is -2.36. The summed E-state index contributed by atoms with van der Waals surface area (Å²) in [6.45, 7) is 4.54. The van der Waals surface area contributed by atoms with E-state index in [0.717, 1.165) is 36.5 Å². The molecule has 3 rings (SSSR count). The summed E-state index contributed by atoms with van der Waals surface area (Å²) in [5.74, 6) is 0.0518. The van der Waals surface area contributed by atoms with Gasteiger partial charge in [-0.15, -0.1) is 0 Å². The van der Waals surface area contributed by atoms with E-state index < -0.39 is 0 Å². The number of aromatic nitrogens is 2. The number of nitrogens with one attached hydrogen (secondary N) is 1. The lowest BCUT2D eigenvalue weighted by molar-refractivity contribution is 0.0984. The average Bonchev–Trinajstić information content (AvgIpc) is 2.77. The van der Waals surface area contributed by atoms with Gasteiger partial charge in [0.1, 0.15) is 0 Å². The highest BCUT2D eigenvalue weighted by molar-refractivity contribution is 6.08. The SMILES string of the molecule is Cc1n[nH]c(C)c1C(=O)N1CCCc2ccccc21. The molecule has 19 heavy (non-hydrogen) atoms. The minimum Gasteiger partial charge on any atom is -0.308 e. The molecule has 2 heterocycles. The number of hydrogen-bond acceptors (Lipinski definition) is 2. The van der Waals surface area contributed by atoms with Gasteiger partial charge in [-0.3, -0.25) is 9.89 Å². The third kappa shape index (κ3) is 1.93. The molecular formula is C15H17N3O. The first-order valence-corrected chi connectivity index (χ1v) is 6.60. The smallest absolute Gasteiger partial charge is 0.262 e. The van der Waals surface area contributed by atoms with Crippen LogP contribution in [-0.2, 0) is 6.42 Å². The summed E-state index contributed by atoms with van der Waals surface area (Å²) in [7, 11) is 0. The fourth-order valence-corrected chi connectivity index (χ4v) is 2.75. The lowest BCUT2D eigenvalue weighted by atomic mass is 10.0. The Kier molecular flexibility index (Phi) is 2.85. The van der Waals surface area contributed by atoms with Crippen LogP contribution in [0.5, 0.6) is 0 Å². The Labute approximate surface area is 112 Å². The number of fused-ring (bicyclic) bond motifs is 1. The van der Waals surface area contributed by atoms with E-state index in [4.69, 9.17) is 0 Å². The van der Waals surface area contributed by atoms with Crippen molar-refractivity contribution in [2.75, 3.05) is 11.4 Å². The van der Waals surface area contributed by atoms with Gasteiger partial charge in [-0.1, -0.05) is 18.2 Å². The van der Waals surface area contributed by atoms with Gasteiger partial charge in [0.25, 0.3) is 5.91 Å². The summed E-state index contributed by atoms with van der Waals surface area (Å²) in [5, 5.41) is 7.00. The normalized spacial score (nSPS) is 14.3. The number of H-pyrrole nitrogens is 1. The summed E-state index contributed by atoms with van der Waals surface area (Å²) in [5.41, 5.74) is 4.60. The highest BCUT2D eigenvalue weighted by Gasteiger charge is 2.26. The first kappa shape index (κ1) is 12.0. The van der Waals surface area contributed by atoms with Crippen molar-refractivity contribution in [1.29, 1.82) is 0 Å². The molecule has 0 bridgehead atoms. The Morgan fingerprint density at radius 3 is 2.84 bits per heavy atom. The highest BCUT2D eigenvalue weighted by Crippen LogP contribution is 2.28. The van der Waals surface area contributed by atoms with Gasteiger partial charge in [0.05, 0.1) is 11.3 Å². The molecule has 1 amide bonds. The second kappa shape index (κ2) is 4.53. The molecule has 4 nitrogen and oxygen atoms in total. The first-order valence-electron chi connectivity index (χ1n) is 6.60. The van der Waals surface area contributed by atoms with Crippen molar-refractivity contribution in [3.05, 3.63) is 46.8 Å². The van der Waals surface area contributed by atoms with E-state index in [1.165, 1.54) is 5.56 Å². The summed E-state index contributed by atoms with van der Waals surface area (Å²) >= 11 is 0. The van der Waals surface area contributed by atoms with Crippen LogP contribution in [0.3, 0.4) is 0 Å². The van der Waals surface area contributed by atoms with Crippen LogP contribution in [0.1, 0.15) is 33.7 Å². The zero-order valence-electron chi connectivity index (χ0n) is 11.2. The highest BCUT2D eigenvalue weighted by atomic mass is 16.2. The van der Waals surface area contributed by atoms with Crippen molar-refractivity contribution in [3.63, 3.8) is 0 Å². The number of carbonyl (C=O) groups excluding carboxylic acids is 1. The summed E-state index contributed by atoms with van der Waals surface area (Å²) in [6.07, 6.45) is 2.06. The topological polar surface area (TPSA) is 49.0 Å². The third-order valence-electron chi connectivity index (χ3n) is 3.70. The zero-order valence-corrected chi connectivity index (χ0v) is 11.2. The predicted molar refractivity (Wildman–Crippen MR) is 74.5 cm³/mol. The first-order chi connectivity index (χ1) is 9.18. The van der Waals surface area contributed by atoms with Crippen LogP contribution in [0.25, 0.3) is 0 Å². The lowest BCUT2D eigenvalue weighted by Gasteiger charge is -2.29. The maximum atomic E-state index is 12.7. The van der Waals surface area contributed by atoms with E-state index in [2.05, 4.69) is 16.3 Å². The summed E-state index contributed by atoms with van der Waals surface area (Å²) in [6, 6.07) is 8.14. The standard InChI is InChI=1S/C15H17N3O/c1-10-14(11(2)17-16-10)15(19)18-9-5-7-12-6-3-4-8-13(12)18/h3-4,6,8H,5,7,9H2,1-2H3,(H,16,17). The molecule has 0 spiro atoms. The van der Waals surface area contributed by atoms with Crippen molar-refractivity contribution in [1.82, 2.24) is 10.2 Å². The second-order valence-electron chi connectivity index (χ2n) is 5.00. The van der Waals surface area contributed by atoms with E-state index in [1.807, 2.05) is 36.9 Å². The van der Waals surface area contributed by atoms with Crippen molar-refractivity contribution in [2.24, 2.45) is 0 Å². The largest absolute Gasteiger partial charge is 0.308 e. The maximum Gasteiger partial charge on any atom is 0.262 e. The molecule has 0 saturated carbocycles. The number of para-hydroxylation sites is 1. The van der Waals surface area contributed by atoms with Gasteiger partial charge in [-0.25, -0.2) is 0 Å². The molecule has 0 fully saturated rings. The number of benzene rings is 1. The number of hydrogen-bond donors (Lipinski definition) is 1. The van der Waals surface area contributed by atoms with Crippen LogP contribution >= 0.6 is 0 Å². The average molecular weight is 255 g/mol. The van der Waals surface area contributed by atoms with Gasteiger partial charge in [-0.05, 0) is 38.3 Å². The van der Waals surface area contributed by atoms with Crippen LogP contribution in [-0.4, -0.2) is 22.6 Å². The Balaban J connectivity index is 2.03. The second-order valence-corrected chi connectivity index (χ2v) is 5.00. The Morgan fingerprint density at radius 1 is 1.32 bits per heavy atom. The van der Waals surface area contributed by atoms with Gasteiger partial charge < -0.3 is 4.90 Å². The summed E-state index contributed by atoms with van der Waals surface area (Å²) < 4.78 is 0. The predicted octanol–water partition coefficient (Wildman–Crippen LogP) is 2.62. The minimum atomic E-state index is 0.0518.